The summed E-state index contributed by atoms with van der Waals surface area (Å²) in [6.45, 7) is 3.27. The molecule has 0 aromatic heterocycles. The number of methoxy groups -OCH3 is 1. The minimum atomic E-state index is -0.384. The number of esters is 1. The highest BCUT2D eigenvalue weighted by molar-refractivity contribution is 6.30. The summed E-state index contributed by atoms with van der Waals surface area (Å²) in [6.07, 6.45) is 0. The van der Waals surface area contributed by atoms with Gasteiger partial charge in [-0.1, -0.05) is 29.8 Å². The van der Waals surface area contributed by atoms with Crippen LogP contribution in [0.4, 0.5) is 10.5 Å². The summed E-state index contributed by atoms with van der Waals surface area (Å²) in [7, 11) is 1.35. The summed E-state index contributed by atoms with van der Waals surface area (Å²) in [5.41, 5.74) is 2.12. The molecule has 3 rings (SSSR count). The van der Waals surface area contributed by atoms with Crippen LogP contribution in [0.5, 0.6) is 0 Å². The molecule has 150 valence electrons. The highest BCUT2D eigenvalue weighted by Crippen LogP contribution is 2.23. The molecule has 1 saturated heterocycles. The maximum atomic E-state index is 13.1. The summed E-state index contributed by atoms with van der Waals surface area (Å²) in [5, 5.41) is 3.83. The van der Waals surface area contributed by atoms with E-state index in [-0.39, 0.29) is 24.4 Å². The summed E-state index contributed by atoms with van der Waals surface area (Å²) in [6, 6.07) is 14.3. The molecule has 1 heterocycles. The zero-order chi connectivity index (χ0) is 19.2. The van der Waals surface area contributed by atoms with E-state index in [2.05, 4.69) is 5.32 Å². The minimum absolute atomic E-state index is 0. The average Bonchev–Trinajstić information content (AvgIpc) is 2.72. The zero-order valence-electron chi connectivity index (χ0n) is 15.6. The van der Waals surface area contributed by atoms with E-state index in [1.54, 1.807) is 29.2 Å². The number of halogens is 2. The van der Waals surface area contributed by atoms with Crippen molar-refractivity contribution in [2.75, 3.05) is 38.2 Å². The lowest BCUT2D eigenvalue weighted by Crippen LogP contribution is -2.51. The van der Waals surface area contributed by atoms with Gasteiger partial charge in [-0.25, -0.2) is 9.59 Å². The molecule has 0 bridgehead atoms. The van der Waals surface area contributed by atoms with Crippen molar-refractivity contribution >= 4 is 41.7 Å². The van der Waals surface area contributed by atoms with Crippen LogP contribution in [-0.4, -0.2) is 50.2 Å². The third-order valence-corrected chi connectivity index (χ3v) is 4.69. The van der Waals surface area contributed by atoms with Gasteiger partial charge in [-0.2, -0.15) is 0 Å². The van der Waals surface area contributed by atoms with Gasteiger partial charge >= 0.3 is 12.0 Å². The van der Waals surface area contributed by atoms with E-state index in [1.165, 1.54) is 7.11 Å². The number of hydrogen-bond donors (Lipinski definition) is 1. The summed E-state index contributed by atoms with van der Waals surface area (Å²) in [5.74, 6) is -0.384. The fourth-order valence-electron chi connectivity index (χ4n) is 2.99. The smallest absolute Gasteiger partial charge is 0.337 e. The number of carbonyl (C=O) groups excluding carboxylic acids is 2. The van der Waals surface area contributed by atoms with Crippen molar-refractivity contribution in [1.82, 2.24) is 10.2 Å². The van der Waals surface area contributed by atoms with Crippen LogP contribution in [0, 0.1) is 0 Å². The molecule has 28 heavy (non-hydrogen) atoms. The molecule has 1 aliphatic rings. The second-order valence-electron chi connectivity index (χ2n) is 6.27. The van der Waals surface area contributed by atoms with Gasteiger partial charge in [0.15, 0.2) is 0 Å². The standard InChI is InChI=1S/C20H22ClN3O3.ClH/c1-27-19(25)16-7-5-15(6-8-16)14-24(18-4-2-3-17(21)13-18)20(26)23-11-9-22-10-12-23;/h2-8,13,22H,9-12,14H2,1H3;1H. The van der Waals surface area contributed by atoms with E-state index in [4.69, 9.17) is 16.3 Å². The molecule has 2 aromatic rings. The molecule has 2 amide bonds. The van der Waals surface area contributed by atoms with Gasteiger partial charge in [0.25, 0.3) is 0 Å². The lowest BCUT2D eigenvalue weighted by molar-refractivity contribution is 0.0600. The largest absolute Gasteiger partial charge is 0.465 e. The van der Waals surface area contributed by atoms with Crippen molar-refractivity contribution in [3.05, 3.63) is 64.7 Å². The summed E-state index contributed by atoms with van der Waals surface area (Å²) in [4.78, 5) is 28.3. The highest BCUT2D eigenvalue weighted by Gasteiger charge is 2.24. The van der Waals surface area contributed by atoms with Crippen molar-refractivity contribution in [2.45, 2.75) is 6.54 Å². The Morgan fingerprint density at radius 2 is 1.82 bits per heavy atom. The molecular formula is C20H23Cl2N3O3. The van der Waals surface area contributed by atoms with E-state index in [0.29, 0.717) is 30.2 Å². The van der Waals surface area contributed by atoms with Gasteiger partial charge in [0, 0.05) is 36.9 Å². The van der Waals surface area contributed by atoms with E-state index in [0.717, 1.165) is 24.3 Å². The number of nitrogens with one attached hydrogen (secondary N) is 1. The first kappa shape index (κ1) is 22.0. The van der Waals surface area contributed by atoms with Crippen LogP contribution in [-0.2, 0) is 11.3 Å². The zero-order valence-corrected chi connectivity index (χ0v) is 17.1. The Balaban J connectivity index is 0.00000280. The van der Waals surface area contributed by atoms with Gasteiger partial charge in [0.2, 0.25) is 0 Å². The predicted octanol–water partition coefficient (Wildman–Crippen LogP) is 3.58. The Bertz CT molecular complexity index is 809. The SMILES string of the molecule is COC(=O)c1ccc(CN(C(=O)N2CCNCC2)c2cccc(Cl)c2)cc1.Cl. The fourth-order valence-corrected chi connectivity index (χ4v) is 3.17. The van der Waals surface area contributed by atoms with Crippen molar-refractivity contribution < 1.29 is 14.3 Å². The second-order valence-corrected chi connectivity index (χ2v) is 6.71. The predicted molar refractivity (Wildman–Crippen MR) is 113 cm³/mol. The fraction of sp³-hybridized carbons (Fsp3) is 0.300. The minimum Gasteiger partial charge on any atom is -0.465 e. The molecule has 0 saturated carbocycles. The van der Waals surface area contributed by atoms with Crippen molar-refractivity contribution in [1.29, 1.82) is 0 Å². The van der Waals surface area contributed by atoms with Crippen LogP contribution in [0.2, 0.25) is 5.02 Å². The monoisotopic (exact) mass is 423 g/mol. The van der Waals surface area contributed by atoms with E-state index >= 15 is 0 Å². The number of carbonyl (C=O) groups is 2. The number of amides is 2. The molecule has 0 atom stereocenters. The van der Waals surface area contributed by atoms with Crippen molar-refractivity contribution in [2.24, 2.45) is 0 Å². The van der Waals surface area contributed by atoms with Crippen molar-refractivity contribution in [3.8, 4) is 0 Å². The van der Waals surface area contributed by atoms with E-state index < -0.39 is 0 Å². The molecular weight excluding hydrogens is 401 g/mol. The average molecular weight is 424 g/mol. The Hall–Kier alpha value is -2.28. The molecule has 0 unspecified atom stereocenters. The molecule has 0 spiro atoms. The van der Waals surface area contributed by atoms with Gasteiger partial charge in [-0.05, 0) is 35.9 Å². The van der Waals surface area contributed by atoms with E-state index in [9.17, 15) is 9.59 Å². The first-order chi connectivity index (χ1) is 13.1. The van der Waals surface area contributed by atoms with Crippen LogP contribution >= 0.6 is 24.0 Å². The topological polar surface area (TPSA) is 61.9 Å². The van der Waals surface area contributed by atoms with E-state index in [1.807, 2.05) is 29.2 Å². The summed E-state index contributed by atoms with van der Waals surface area (Å²) < 4.78 is 4.73. The Kier molecular flexibility index (Phi) is 8.11. The van der Waals surface area contributed by atoms with Crippen LogP contribution in [0.25, 0.3) is 0 Å². The van der Waals surface area contributed by atoms with Crippen LogP contribution < -0.4 is 10.2 Å². The highest BCUT2D eigenvalue weighted by atomic mass is 35.5. The van der Waals surface area contributed by atoms with Crippen molar-refractivity contribution in [3.63, 3.8) is 0 Å². The Morgan fingerprint density at radius 3 is 2.43 bits per heavy atom. The molecule has 1 fully saturated rings. The lowest BCUT2D eigenvalue weighted by atomic mass is 10.1. The molecule has 1 aliphatic heterocycles. The van der Waals surface area contributed by atoms with Gasteiger partial charge < -0.3 is 15.0 Å². The van der Waals surface area contributed by atoms with Gasteiger partial charge in [0.1, 0.15) is 0 Å². The molecule has 6 nitrogen and oxygen atoms in total. The third kappa shape index (κ3) is 5.38. The van der Waals surface area contributed by atoms with Crippen LogP contribution in [0.3, 0.4) is 0 Å². The number of anilines is 1. The first-order valence-corrected chi connectivity index (χ1v) is 9.16. The maximum absolute atomic E-state index is 13.1. The van der Waals surface area contributed by atoms with Crippen LogP contribution in [0.1, 0.15) is 15.9 Å². The molecule has 8 heteroatoms. The maximum Gasteiger partial charge on any atom is 0.337 e. The molecule has 0 radical (unpaired) electrons. The second kappa shape index (κ2) is 10.3. The van der Waals surface area contributed by atoms with Gasteiger partial charge in [-0.3, -0.25) is 4.90 Å². The first-order valence-electron chi connectivity index (χ1n) is 8.78. The number of nitrogens with zero attached hydrogens (tertiary/aromatic N) is 2. The number of ether oxygens (including phenoxy) is 1. The van der Waals surface area contributed by atoms with Gasteiger partial charge in [0.05, 0.1) is 19.2 Å². The number of hydrogen-bond acceptors (Lipinski definition) is 4. The Morgan fingerprint density at radius 1 is 1.14 bits per heavy atom. The van der Waals surface area contributed by atoms with Gasteiger partial charge in [-0.15, -0.1) is 12.4 Å². The normalized spacial score (nSPS) is 13.4. The number of urea groups is 1. The third-order valence-electron chi connectivity index (χ3n) is 4.45. The number of piperazine rings is 1. The molecule has 0 aliphatic carbocycles. The van der Waals surface area contributed by atoms with Crippen LogP contribution in [0.15, 0.2) is 48.5 Å². The molecule has 1 N–H and O–H groups in total. The number of rotatable bonds is 4. The summed E-state index contributed by atoms with van der Waals surface area (Å²) >= 11 is 6.14. The molecule has 2 aromatic carbocycles. The lowest BCUT2D eigenvalue weighted by Gasteiger charge is -2.33. The quantitative estimate of drug-likeness (QED) is 0.763. The Labute approximate surface area is 175 Å². The number of benzene rings is 2.